The predicted octanol–water partition coefficient (Wildman–Crippen LogP) is 4.22. The maximum absolute atomic E-state index is 13.1. The maximum Gasteiger partial charge on any atom is 0.416 e. The molecule has 10 heteroatoms. The van der Waals surface area contributed by atoms with Crippen molar-refractivity contribution in [1.29, 1.82) is 0 Å². The van der Waals surface area contributed by atoms with Crippen molar-refractivity contribution < 1.29 is 31.9 Å². The number of nitrogens with one attached hydrogen (secondary N) is 1. The molecule has 1 N–H and O–H groups in total. The zero-order chi connectivity index (χ0) is 21.8. The van der Waals surface area contributed by atoms with Gasteiger partial charge in [-0.2, -0.15) is 13.2 Å². The van der Waals surface area contributed by atoms with Crippen LogP contribution in [-0.2, 0) is 27.0 Å². The summed E-state index contributed by atoms with van der Waals surface area (Å²) in [7, 11) is 0. The fourth-order valence-corrected chi connectivity index (χ4v) is 3.46. The number of fused-ring (bicyclic) bond motifs is 1. The second kappa shape index (κ2) is 9.11. The fourth-order valence-electron chi connectivity index (χ4n) is 3.46. The number of imidazole rings is 1. The molecule has 1 unspecified atom stereocenters. The van der Waals surface area contributed by atoms with E-state index in [2.05, 4.69) is 10.3 Å². The minimum atomic E-state index is -4.48. The van der Waals surface area contributed by atoms with Crippen LogP contribution in [0.5, 0.6) is 0 Å². The Morgan fingerprint density at radius 1 is 1.32 bits per heavy atom. The first-order chi connectivity index (χ1) is 14.9. The first-order valence-electron chi connectivity index (χ1n) is 9.99. The standard InChI is InChI=1S/C21H22F3N3O4/c22-21(23,24)14-5-6-18-17(11-14)25-20(27(18)12-15-3-1-8-30-15)26-19(28)7-10-29-13-16-4-2-9-31-16/h1,3,5-6,8,11,16H,2,4,7,9-10,12-13H2,(H,25,26,28). The molecule has 1 aliphatic heterocycles. The van der Waals surface area contributed by atoms with Crippen molar-refractivity contribution in [3.63, 3.8) is 0 Å². The van der Waals surface area contributed by atoms with Gasteiger partial charge in [0.25, 0.3) is 0 Å². The Labute approximate surface area is 176 Å². The molecule has 7 nitrogen and oxygen atoms in total. The third-order valence-corrected chi connectivity index (χ3v) is 5.02. The van der Waals surface area contributed by atoms with E-state index >= 15 is 0 Å². The van der Waals surface area contributed by atoms with E-state index in [1.54, 1.807) is 16.7 Å². The lowest BCUT2D eigenvalue weighted by Gasteiger charge is -2.11. The molecule has 1 fully saturated rings. The third kappa shape index (κ3) is 5.26. The second-order valence-corrected chi connectivity index (χ2v) is 7.31. The number of aromatic nitrogens is 2. The molecule has 0 radical (unpaired) electrons. The van der Waals surface area contributed by atoms with Gasteiger partial charge in [0, 0.05) is 6.61 Å². The molecule has 2 aromatic heterocycles. The smallest absolute Gasteiger partial charge is 0.416 e. The lowest BCUT2D eigenvalue weighted by molar-refractivity contribution is -0.137. The Hall–Kier alpha value is -2.85. The van der Waals surface area contributed by atoms with Crippen molar-refractivity contribution in [3.05, 3.63) is 47.9 Å². The SMILES string of the molecule is O=C(CCOCC1CCCO1)Nc1nc2cc(C(F)(F)F)ccc2n1Cc1ccco1. The highest BCUT2D eigenvalue weighted by Crippen LogP contribution is 2.32. The molecule has 31 heavy (non-hydrogen) atoms. The molecule has 1 aromatic carbocycles. The van der Waals surface area contributed by atoms with Crippen LogP contribution < -0.4 is 5.32 Å². The van der Waals surface area contributed by atoms with E-state index in [4.69, 9.17) is 13.9 Å². The molecule has 3 aromatic rings. The summed E-state index contributed by atoms with van der Waals surface area (Å²) in [5.74, 6) is 0.379. The van der Waals surface area contributed by atoms with Gasteiger partial charge in [-0.05, 0) is 43.2 Å². The third-order valence-electron chi connectivity index (χ3n) is 5.02. The number of alkyl halides is 3. The molecule has 0 spiro atoms. The number of halogens is 3. The summed E-state index contributed by atoms with van der Waals surface area (Å²) in [5.41, 5.74) is -0.219. The molecular formula is C21H22F3N3O4. The number of furan rings is 1. The van der Waals surface area contributed by atoms with Gasteiger partial charge >= 0.3 is 6.18 Å². The van der Waals surface area contributed by atoms with Crippen molar-refractivity contribution in [1.82, 2.24) is 9.55 Å². The number of nitrogens with zero attached hydrogens (tertiary/aromatic N) is 2. The molecule has 1 aliphatic rings. The highest BCUT2D eigenvalue weighted by Gasteiger charge is 2.31. The molecule has 1 atom stereocenters. The van der Waals surface area contributed by atoms with Crippen LogP contribution in [0.4, 0.5) is 19.1 Å². The summed E-state index contributed by atoms with van der Waals surface area (Å²) in [6.07, 6.45) is -0.865. The molecule has 0 bridgehead atoms. The van der Waals surface area contributed by atoms with Crippen molar-refractivity contribution in [2.24, 2.45) is 0 Å². The van der Waals surface area contributed by atoms with Crippen LogP contribution in [-0.4, -0.2) is 41.4 Å². The molecule has 0 aliphatic carbocycles. The second-order valence-electron chi connectivity index (χ2n) is 7.31. The lowest BCUT2D eigenvalue weighted by Crippen LogP contribution is -2.20. The molecule has 1 amide bonds. The predicted molar refractivity (Wildman–Crippen MR) is 106 cm³/mol. The molecule has 3 heterocycles. The Morgan fingerprint density at radius 3 is 2.90 bits per heavy atom. The number of hydrogen-bond acceptors (Lipinski definition) is 5. The largest absolute Gasteiger partial charge is 0.467 e. The fraction of sp³-hybridized carbons (Fsp3) is 0.429. The number of ether oxygens (including phenoxy) is 2. The van der Waals surface area contributed by atoms with Crippen molar-refractivity contribution in [2.75, 3.05) is 25.1 Å². The molecule has 166 valence electrons. The number of carbonyl (C=O) groups is 1. The number of rotatable bonds is 8. The van der Waals surface area contributed by atoms with Crippen LogP contribution in [0.1, 0.15) is 30.6 Å². The van der Waals surface area contributed by atoms with Gasteiger partial charge in [0.1, 0.15) is 5.76 Å². The summed E-state index contributed by atoms with van der Waals surface area (Å²) >= 11 is 0. The van der Waals surface area contributed by atoms with E-state index in [-0.39, 0.29) is 43.0 Å². The zero-order valence-electron chi connectivity index (χ0n) is 16.7. The van der Waals surface area contributed by atoms with Crippen LogP contribution in [0.2, 0.25) is 0 Å². The van der Waals surface area contributed by atoms with Crippen LogP contribution in [0.3, 0.4) is 0 Å². The highest BCUT2D eigenvalue weighted by atomic mass is 19.4. The van der Waals surface area contributed by atoms with Crippen molar-refractivity contribution in [2.45, 2.75) is 38.1 Å². The van der Waals surface area contributed by atoms with Gasteiger partial charge in [0.05, 0.1) is 55.1 Å². The van der Waals surface area contributed by atoms with Crippen molar-refractivity contribution in [3.8, 4) is 0 Å². The van der Waals surface area contributed by atoms with E-state index in [9.17, 15) is 18.0 Å². The van der Waals surface area contributed by atoms with E-state index < -0.39 is 11.7 Å². The molecule has 1 saturated heterocycles. The van der Waals surface area contributed by atoms with Crippen LogP contribution in [0.25, 0.3) is 11.0 Å². The van der Waals surface area contributed by atoms with Gasteiger partial charge < -0.3 is 18.5 Å². The van der Waals surface area contributed by atoms with E-state index in [1.165, 1.54) is 12.3 Å². The average molecular weight is 437 g/mol. The van der Waals surface area contributed by atoms with Crippen molar-refractivity contribution >= 4 is 22.9 Å². The monoisotopic (exact) mass is 437 g/mol. The molecule has 4 rings (SSSR count). The summed E-state index contributed by atoms with van der Waals surface area (Å²) in [4.78, 5) is 16.6. The topological polar surface area (TPSA) is 78.5 Å². The minimum absolute atomic E-state index is 0.0726. The Balaban J connectivity index is 1.48. The molecule has 0 saturated carbocycles. The number of hydrogen-bond donors (Lipinski definition) is 1. The highest BCUT2D eigenvalue weighted by molar-refractivity contribution is 5.91. The van der Waals surface area contributed by atoms with Crippen LogP contribution >= 0.6 is 0 Å². The quantitative estimate of drug-likeness (QED) is 0.534. The number of amides is 1. The van der Waals surface area contributed by atoms with Gasteiger partial charge in [-0.3, -0.25) is 10.1 Å². The summed E-state index contributed by atoms with van der Waals surface area (Å²) < 4.78 is 57.2. The van der Waals surface area contributed by atoms with Gasteiger partial charge in [-0.15, -0.1) is 0 Å². The number of anilines is 1. The first-order valence-corrected chi connectivity index (χ1v) is 9.99. The lowest BCUT2D eigenvalue weighted by atomic mass is 10.2. The van der Waals surface area contributed by atoms with E-state index in [0.717, 1.165) is 31.6 Å². The van der Waals surface area contributed by atoms with Crippen LogP contribution in [0.15, 0.2) is 41.0 Å². The summed E-state index contributed by atoms with van der Waals surface area (Å²) in [5, 5.41) is 2.68. The van der Waals surface area contributed by atoms with Gasteiger partial charge in [0.2, 0.25) is 11.9 Å². The number of carbonyl (C=O) groups excluding carboxylic acids is 1. The minimum Gasteiger partial charge on any atom is -0.467 e. The van der Waals surface area contributed by atoms with E-state index in [1.807, 2.05) is 0 Å². The maximum atomic E-state index is 13.1. The summed E-state index contributed by atoms with van der Waals surface area (Å²) in [6, 6.07) is 6.75. The Bertz CT molecular complexity index is 1020. The van der Waals surface area contributed by atoms with Gasteiger partial charge in [-0.25, -0.2) is 4.98 Å². The van der Waals surface area contributed by atoms with Crippen LogP contribution in [0, 0.1) is 0 Å². The Morgan fingerprint density at radius 2 is 2.19 bits per heavy atom. The average Bonchev–Trinajstić information content (AvgIpc) is 3.47. The van der Waals surface area contributed by atoms with Gasteiger partial charge in [-0.1, -0.05) is 0 Å². The normalized spacial score (nSPS) is 16.8. The van der Waals surface area contributed by atoms with E-state index in [0.29, 0.717) is 17.9 Å². The summed E-state index contributed by atoms with van der Waals surface area (Å²) in [6.45, 7) is 1.59. The van der Waals surface area contributed by atoms with Gasteiger partial charge in [0.15, 0.2) is 0 Å². The first kappa shape index (κ1) is 21.4. The number of benzene rings is 1. The zero-order valence-corrected chi connectivity index (χ0v) is 16.7. The molecular weight excluding hydrogens is 415 g/mol. The Kier molecular flexibility index (Phi) is 6.28.